The normalized spacial score (nSPS) is 10.2. The number of rotatable bonds is 3. The predicted octanol–water partition coefficient (Wildman–Crippen LogP) is 3.43. The Morgan fingerprint density at radius 3 is 2.24 bits per heavy atom. The van der Waals surface area contributed by atoms with Gasteiger partial charge in [-0.3, -0.25) is 0 Å². The molecule has 0 aliphatic rings. The summed E-state index contributed by atoms with van der Waals surface area (Å²) < 4.78 is 1.76. The number of hydrogen-bond acceptors (Lipinski definition) is 2. The Morgan fingerprint density at radius 2 is 1.57 bits per heavy atom. The molecule has 0 fully saturated rings. The molecule has 1 aromatic heterocycles. The highest BCUT2D eigenvalue weighted by Gasteiger charge is 2.09. The van der Waals surface area contributed by atoms with E-state index in [9.17, 15) is 0 Å². The van der Waals surface area contributed by atoms with E-state index in [1.165, 1.54) is 11.1 Å². The van der Waals surface area contributed by atoms with Gasteiger partial charge in [0.05, 0.1) is 12.9 Å². The van der Waals surface area contributed by atoms with Gasteiger partial charge in [-0.2, -0.15) is 0 Å². The summed E-state index contributed by atoms with van der Waals surface area (Å²) in [5.41, 5.74) is 10.2. The monoisotopic (exact) mass is 273 g/mol. The molecule has 0 aliphatic heterocycles. The maximum Gasteiger partial charge on any atom is 0.132 e. The first-order valence-electron chi connectivity index (χ1n) is 6.69. The summed E-state index contributed by atoms with van der Waals surface area (Å²) in [5, 5.41) is 0. The number of nitrogens with zero attached hydrogens (tertiary/aromatic N) is 2. The zero-order valence-electron chi connectivity index (χ0n) is 11.5. The standard InChI is InChI=1S/C18H15N3/c1-2-12-21-13-20-17(18(21)19)16-10-8-15(9-11-16)14-6-4-3-5-7-14/h1,3-11,13H,12,19H2. The first kappa shape index (κ1) is 13.0. The molecule has 0 atom stereocenters. The molecule has 0 spiro atoms. The Bertz CT molecular complexity index is 778. The van der Waals surface area contributed by atoms with Gasteiger partial charge in [0.15, 0.2) is 0 Å². The summed E-state index contributed by atoms with van der Waals surface area (Å²) in [6, 6.07) is 18.5. The van der Waals surface area contributed by atoms with E-state index in [-0.39, 0.29) is 0 Å². The molecule has 0 saturated heterocycles. The van der Waals surface area contributed by atoms with Gasteiger partial charge in [0.2, 0.25) is 0 Å². The predicted molar refractivity (Wildman–Crippen MR) is 86.3 cm³/mol. The van der Waals surface area contributed by atoms with Crippen molar-refractivity contribution < 1.29 is 0 Å². The van der Waals surface area contributed by atoms with E-state index in [1.807, 2.05) is 30.3 Å². The van der Waals surface area contributed by atoms with Crippen LogP contribution in [0.2, 0.25) is 0 Å². The summed E-state index contributed by atoms with van der Waals surface area (Å²) >= 11 is 0. The van der Waals surface area contributed by atoms with Crippen molar-refractivity contribution in [3.63, 3.8) is 0 Å². The maximum absolute atomic E-state index is 6.08. The second-order valence-corrected chi connectivity index (χ2v) is 4.75. The zero-order chi connectivity index (χ0) is 14.7. The number of nitrogen functional groups attached to an aromatic ring is 1. The number of imidazole rings is 1. The quantitative estimate of drug-likeness (QED) is 0.743. The van der Waals surface area contributed by atoms with Crippen molar-refractivity contribution in [2.24, 2.45) is 0 Å². The van der Waals surface area contributed by atoms with E-state index in [0.29, 0.717) is 12.4 Å². The largest absolute Gasteiger partial charge is 0.383 e. The molecule has 3 nitrogen and oxygen atoms in total. The van der Waals surface area contributed by atoms with E-state index >= 15 is 0 Å². The van der Waals surface area contributed by atoms with Crippen molar-refractivity contribution in [1.29, 1.82) is 0 Å². The first-order chi connectivity index (χ1) is 10.3. The highest BCUT2D eigenvalue weighted by atomic mass is 15.1. The summed E-state index contributed by atoms with van der Waals surface area (Å²) in [4.78, 5) is 4.35. The molecule has 1 heterocycles. The van der Waals surface area contributed by atoms with Crippen LogP contribution in [-0.2, 0) is 6.54 Å². The van der Waals surface area contributed by atoms with Crippen LogP contribution >= 0.6 is 0 Å². The van der Waals surface area contributed by atoms with Crippen molar-refractivity contribution in [1.82, 2.24) is 9.55 Å². The first-order valence-corrected chi connectivity index (χ1v) is 6.69. The van der Waals surface area contributed by atoms with Crippen molar-refractivity contribution in [3.8, 4) is 34.7 Å². The molecule has 0 unspecified atom stereocenters. The number of anilines is 1. The molecule has 102 valence electrons. The average molecular weight is 273 g/mol. The van der Waals surface area contributed by atoms with Crippen LogP contribution in [0.4, 0.5) is 5.82 Å². The lowest BCUT2D eigenvalue weighted by Crippen LogP contribution is -2.00. The molecule has 0 aliphatic carbocycles. The van der Waals surface area contributed by atoms with Crippen molar-refractivity contribution in [2.75, 3.05) is 5.73 Å². The third kappa shape index (κ3) is 2.52. The third-order valence-electron chi connectivity index (χ3n) is 3.41. The molecule has 2 aromatic carbocycles. The number of nitrogens with two attached hydrogens (primary N) is 1. The molecule has 0 amide bonds. The van der Waals surface area contributed by atoms with Gasteiger partial charge in [0.25, 0.3) is 0 Å². The van der Waals surface area contributed by atoms with Crippen LogP contribution in [0.25, 0.3) is 22.4 Å². The molecule has 21 heavy (non-hydrogen) atoms. The fourth-order valence-electron chi connectivity index (χ4n) is 2.29. The highest BCUT2D eigenvalue weighted by molar-refractivity contribution is 5.74. The molecule has 0 bridgehead atoms. The Labute approximate surface area is 124 Å². The van der Waals surface area contributed by atoms with E-state index in [4.69, 9.17) is 12.2 Å². The molecular weight excluding hydrogens is 258 g/mol. The van der Waals surface area contributed by atoms with Gasteiger partial charge < -0.3 is 10.3 Å². The van der Waals surface area contributed by atoms with Crippen LogP contribution < -0.4 is 5.73 Å². The topological polar surface area (TPSA) is 43.8 Å². The minimum absolute atomic E-state index is 0.431. The zero-order valence-corrected chi connectivity index (χ0v) is 11.5. The van der Waals surface area contributed by atoms with E-state index in [0.717, 1.165) is 11.3 Å². The Hall–Kier alpha value is -2.99. The lowest BCUT2D eigenvalue weighted by molar-refractivity contribution is 0.852. The van der Waals surface area contributed by atoms with Crippen LogP contribution in [0.5, 0.6) is 0 Å². The second kappa shape index (κ2) is 5.56. The fraction of sp³-hybridized carbons (Fsp3) is 0.0556. The number of hydrogen-bond donors (Lipinski definition) is 1. The Morgan fingerprint density at radius 1 is 0.952 bits per heavy atom. The molecule has 2 N–H and O–H groups in total. The minimum atomic E-state index is 0.431. The van der Waals surface area contributed by atoms with E-state index in [2.05, 4.69) is 35.2 Å². The van der Waals surface area contributed by atoms with Crippen molar-refractivity contribution in [2.45, 2.75) is 6.54 Å². The second-order valence-electron chi connectivity index (χ2n) is 4.75. The van der Waals surface area contributed by atoms with Gasteiger partial charge in [-0.1, -0.05) is 60.5 Å². The van der Waals surface area contributed by atoms with Gasteiger partial charge in [-0.15, -0.1) is 6.42 Å². The number of aromatic nitrogens is 2. The fourth-order valence-corrected chi connectivity index (χ4v) is 2.29. The number of benzene rings is 2. The lowest BCUT2D eigenvalue weighted by Gasteiger charge is -2.04. The van der Waals surface area contributed by atoms with Gasteiger partial charge in [0.1, 0.15) is 11.5 Å². The molecule has 3 rings (SSSR count). The van der Waals surface area contributed by atoms with Gasteiger partial charge in [-0.05, 0) is 11.1 Å². The average Bonchev–Trinajstić information content (AvgIpc) is 2.90. The van der Waals surface area contributed by atoms with Crippen molar-refractivity contribution in [3.05, 3.63) is 60.9 Å². The van der Waals surface area contributed by atoms with Crippen LogP contribution in [0.1, 0.15) is 0 Å². The maximum atomic E-state index is 6.08. The number of terminal acetylenes is 1. The molecular formula is C18H15N3. The summed E-state index contributed by atoms with van der Waals surface area (Å²) in [7, 11) is 0. The van der Waals surface area contributed by atoms with Gasteiger partial charge >= 0.3 is 0 Å². The summed E-state index contributed by atoms with van der Waals surface area (Å²) in [6.07, 6.45) is 6.98. The molecule has 3 aromatic rings. The smallest absolute Gasteiger partial charge is 0.132 e. The highest BCUT2D eigenvalue weighted by Crippen LogP contribution is 2.27. The third-order valence-corrected chi connectivity index (χ3v) is 3.41. The van der Waals surface area contributed by atoms with Gasteiger partial charge in [0, 0.05) is 5.56 Å². The van der Waals surface area contributed by atoms with Crippen LogP contribution in [0, 0.1) is 12.3 Å². The molecule has 0 radical (unpaired) electrons. The molecule has 3 heteroatoms. The Kier molecular flexibility index (Phi) is 3.44. The van der Waals surface area contributed by atoms with Crippen LogP contribution in [0.3, 0.4) is 0 Å². The van der Waals surface area contributed by atoms with E-state index in [1.54, 1.807) is 10.9 Å². The van der Waals surface area contributed by atoms with Crippen LogP contribution in [0.15, 0.2) is 60.9 Å². The molecule has 0 saturated carbocycles. The summed E-state index contributed by atoms with van der Waals surface area (Å²) in [5.74, 6) is 3.16. The van der Waals surface area contributed by atoms with E-state index < -0.39 is 0 Å². The Balaban J connectivity index is 1.93. The lowest BCUT2D eigenvalue weighted by atomic mass is 10.0. The van der Waals surface area contributed by atoms with Crippen molar-refractivity contribution >= 4 is 5.82 Å². The SMILES string of the molecule is C#CCn1cnc(-c2ccc(-c3ccccc3)cc2)c1N. The minimum Gasteiger partial charge on any atom is -0.383 e. The van der Waals surface area contributed by atoms with Gasteiger partial charge in [-0.25, -0.2) is 4.98 Å². The summed E-state index contributed by atoms with van der Waals surface area (Å²) in [6.45, 7) is 0.431. The van der Waals surface area contributed by atoms with Crippen LogP contribution in [-0.4, -0.2) is 9.55 Å².